The monoisotopic (exact) mass is 323 g/mol. The summed E-state index contributed by atoms with van der Waals surface area (Å²) >= 11 is 0. The summed E-state index contributed by atoms with van der Waals surface area (Å²) < 4.78 is 10.1. The first kappa shape index (κ1) is 14.8. The maximum absolute atomic E-state index is 12.0. The van der Waals surface area contributed by atoms with E-state index >= 15 is 0 Å². The van der Waals surface area contributed by atoms with Crippen molar-refractivity contribution in [3.8, 4) is 11.1 Å². The van der Waals surface area contributed by atoms with E-state index < -0.39 is 17.6 Å². The van der Waals surface area contributed by atoms with Gasteiger partial charge in [0.1, 0.15) is 13.2 Å². The molecule has 1 atom stereocenters. The Kier molecular flexibility index (Phi) is 3.30. The lowest BCUT2D eigenvalue weighted by atomic mass is 9.98. The van der Waals surface area contributed by atoms with Crippen LogP contribution in [0.15, 0.2) is 48.5 Å². The minimum absolute atomic E-state index is 0.00398. The third kappa shape index (κ3) is 2.24. The van der Waals surface area contributed by atoms with Crippen molar-refractivity contribution in [1.82, 2.24) is 5.32 Å². The minimum Gasteiger partial charge on any atom is -0.461 e. The fourth-order valence-electron chi connectivity index (χ4n) is 3.29. The number of alkyl carbamates (subject to hydrolysis) is 1. The van der Waals surface area contributed by atoms with Crippen LogP contribution >= 0.6 is 0 Å². The van der Waals surface area contributed by atoms with Crippen LogP contribution in [-0.2, 0) is 14.3 Å². The molecular weight excluding hydrogens is 306 g/mol. The van der Waals surface area contributed by atoms with E-state index in [2.05, 4.69) is 29.6 Å². The van der Waals surface area contributed by atoms with Crippen LogP contribution in [0.3, 0.4) is 0 Å². The topological polar surface area (TPSA) is 64.6 Å². The minimum atomic E-state index is -0.970. The van der Waals surface area contributed by atoms with Gasteiger partial charge in [0.15, 0.2) is 5.54 Å². The van der Waals surface area contributed by atoms with Crippen molar-refractivity contribution in [1.29, 1.82) is 0 Å². The van der Waals surface area contributed by atoms with E-state index in [-0.39, 0.29) is 19.1 Å². The highest BCUT2D eigenvalue weighted by atomic mass is 16.6. The van der Waals surface area contributed by atoms with Gasteiger partial charge < -0.3 is 14.8 Å². The first-order chi connectivity index (χ1) is 11.6. The van der Waals surface area contributed by atoms with E-state index in [1.807, 2.05) is 24.3 Å². The van der Waals surface area contributed by atoms with Crippen molar-refractivity contribution in [2.24, 2.45) is 0 Å². The van der Waals surface area contributed by atoms with E-state index in [1.165, 1.54) is 11.1 Å². The molecule has 1 heterocycles. The molecule has 1 aliphatic carbocycles. The normalized spacial score (nSPS) is 21.3. The summed E-state index contributed by atoms with van der Waals surface area (Å²) in [6, 6.07) is 16.3. The average molecular weight is 323 g/mol. The van der Waals surface area contributed by atoms with Crippen LogP contribution in [-0.4, -0.2) is 30.8 Å². The van der Waals surface area contributed by atoms with Crippen LogP contribution in [0.5, 0.6) is 0 Å². The molecule has 0 saturated carbocycles. The molecule has 1 fully saturated rings. The highest BCUT2D eigenvalue weighted by Crippen LogP contribution is 2.44. The molecule has 1 aliphatic heterocycles. The van der Waals surface area contributed by atoms with E-state index in [4.69, 9.17) is 9.47 Å². The maximum Gasteiger partial charge on any atom is 0.408 e. The highest BCUT2D eigenvalue weighted by molar-refractivity contribution is 5.89. The largest absolute Gasteiger partial charge is 0.461 e. The van der Waals surface area contributed by atoms with Crippen molar-refractivity contribution in [2.75, 3.05) is 13.2 Å². The fourth-order valence-corrected chi connectivity index (χ4v) is 3.29. The molecule has 0 bridgehead atoms. The molecule has 0 aromatic heterocycles. The van der Waals surface area contributed by atoms with Crippen LogP contribution in [0.25, 0.3) is 11.1 Å². The van der Waals surface area contributed by atoms with Gasteiger partial charge in [0.05, 0.1) is 0 Å². The number of hydrogen-bond acceptors (Lipinski definition) is 4. The SMILES string of the molecule is C[C@@]1(NC(=O)OCC2c3ccccc3-c3ccccc32)COC1=O. The molecule has 2 aliphatic rings. The number of amides is 1. The molecule has 0 radical (unpaired) electrons. The molecule has 2 aromatic carbocycles. The van der Waals surface area contributed by atoms with E-state index in [0.29, 0.717) is 0 Å². The third-order valence-electron chi connectivity index (χ3n) is 4.66. The lowest BCUT2D eigenvalue weighted by molar-refractivity contribution is -0.173. The zero-order chi connectivity index (χ0) is 16.7. The molecule has 1 amide bonds. The van der Waals surface area contributed by atoms with E-state index in [1.54, 1.807) is 6.92 Å². The molecule has 0 unspecified atom stereocenters. The number of fused-ring (bicyclic) bond motifs is 3. The standard InChI is InChI=1S/C19H17NO4/c1-19(11-24-17(19)21)20-18(22)23-10-16-14-8-4-2-6-12(14)13-7-3-5-9-15(13)16/h2-9,16H,10-11H2,1H3,(H,20,22)/t19-/m1/s1. The van der Waals surface area contributed by atoms with Gasteiger partial charge in [0.2, 0.25) is 0 Å². The number of benzene rings is 2. The van der Waals surface area contributed by atoms with Gasteiger partial charge in [0.25, 0.3) is 0 Å². The van der Waals surface area contributed by atoms with Gasteiger partial charge in [-0.25, -0.2) is 9.59 Å². The Labute approximate surface area is 139 Å². The second-order valence-electron chi connectivity index (χ2n) is 6.36. The fraction of sp³-hybridized carbons (Fsp3) is 0.263. The van der Waals surface area contributed by atoms with E-state index in [0.717, 1.165) is 11.1 Å². The summed E-state index contributed by atoms with van der Waals surface area (Å²) in [5.74, 6) is -0.430. The first-order valence-corrected chi connectivity index (χ1v) is 7.89. The van der Waals surface area contributed by atoms with Gasteiger partial charge >= 0.3 is 12.1 Å². The first-order valence-electron chi connectivity index (χ1n) is 7.89. The number of rotatable bonds is 3. The lowest BCUT2D eigenvalue weighted by Gasteiger charge is -2.35. The predicted molar refractivity (Wildman–Crippen MR) is 87.6 cm³/mol. The zero-order valence-electron chi connectivity index (χ0n) is 13.2. The van der Waals surface area contributed by atoms with Crippen LogP contribution in [0.2, 0.25) is 0 Å². The van der Waals surface area contributed by atoms with E-state index in [9.17, 15) is 9.59 Å². The molecule has 122 valence electrons. The summed E-state index contributed by atoms with van der Waals surface area (Å²) in [5.41, 5.74) is 3.69. The maximum atomic E-state index is 12.0. The number of hydrogen-bond donors (Lipinski definition) is 1. The molecule has 2 aromatic rings. The van der Waals surface area contributed by atoms with Crippen molar-refractivity contribution in [3.05, 3.63) is 59.7 Å². The second-order valence-corrected chi connectivity index (χ2v) is 6.36. The Morgan fingerprint density at radius 1 is 1.17 bits per heavy atom. The quantitative estimate of drug-likeness (QED) is 0.882. The smallest absolute Gasteiger partial charge is 0.408 e. The Morgan fingerprint density at radius 3 is 2.25 bits per heavy atom. The Balaban J connectivity index is 1.51. The number of cyclic esters (lactones) is 1. The Hall–Kier alpha value is -2.82. The van der Waals surface area contributed by atoms with Gasteiger partial charge in [-0.05, 0) is 29.2 Å². The van der Waals surface area contributed by atoms with Crippen LogP contribution in [0, 0.1) is 0 Å². The zero-order valence-corrected chi connectivity index (χ0v) is 13.2. The van der Waals surface area contributed by atoms with Gasteiger partial charge in [-0.1, -0.05) is 48.5 Å². The number of carbonyl (C=O) groups excluding carboxylic acids is 2. The number of carbonyl (C=O) groups is 2. The van der Waals surface area contributed by atoms with Crippen molar-refractivity contribution in [2.45, 2.75) is 18.4 Å². The summed E-state index contributed by atoms with van der Waals surface area (Å²) in [6.45, 7) is 2.03. The molecule has 5 heteroatoms. The number of esters is 1. The average Bonchev–Trinajstić information content (AvgIpc) is 2.92. The van der Waals surface area contributed by atoms with Crippen LogP contribution < -0.4 is 5.32 Å². The van der Waals surface area contributed by atoms with Gasteiger partial charge in [-0.15, -0.1) is 0 Å². The molecule has 4 rings (SSSR count). The van der Waals surface area contributed by atoms with Gasteiger partial charge in [-0.2, -0.15) is 0 Å². The lowest BCUT2D eigenvalue weighted by Crippen LogP contribution is -2.64. The molecule has 1 N–H and O–H groups in total. The third-order valence-corrected chi connectivity index (χ3v) is 4.66. The number of nitrogens with one attached hydrogen (secondary N) is 1. The second kappa shape index (κ2) is 5.37. The molecule has 5 nitrogen and oxygen atoms in total. The summed E-state index contributed by atoms with van der Waals surface area (Å²) in [5, 5.41) is 2.58. The Morgan fingerprint density at radius 2 is 1.75 bits per heavy atom. The molecule has 24 heavy (non-hydrogen) atoms. The summed E-state index contributed by atoms with van der Waals surface area (Å²) in [4.78, 5) is 23.4. The van der Waals surface area contributed by atoms with Crippen molar-refractivity contribution >= 4 is 12.1 Å². The van der Waals surface area contributed by atoms with Crippen LogP contribution in [0.1, 0.15) is 24.0 Å². The van der Waals surface area contributed by atoms with Gasteiger partial charge in [0, 0.05) is 5.92 Å². The van der Waals surface area contributed by atoms with Crippen LogP contribution in [0.4, 0.5) is 4.79 Å². The molecule has 0 spiro atoms. The summed E-state index contributed by atoms with van der Waals surface area (Å²) in [7, 11) is 0. The van der Waals surface area contributed by atoms with Crippen molar-refractivity contribution in [3.63, 3.8) is 0 Å². The Bertz CT molecular complexity index is 786. The molecular formula is C19H17NO4. The highest BCUT2D eigenvalue weighted by Gasteiger charge is 2.46. The molecule has 1 saturated heterocycles. The summed E-state index contributed by atoms with van der Waals surface area (Å²) in [6.07, 6.45) is -0.601. The number of ether oxygens (including phenoxy) is 2. The predicted octanol–water partition coefficient (Wildman–Crippen LogP) is 2.84. The van der Waals surface area contributed by atoms with Crippen molar-refractivity contribution < 1.29 is 19.1 Å². The van der Waals surface area contributed by atoms with Gasteiger partial charge in [-0.3, -0.25) is 0 Å².